The first-order valence-corrected chi connectivity index (χ1v) is 13.0. The fourth-order valence-electron chi connectivity index (χ4n) is 5.86. The summed E-state index contributed by atoms with van der Waals surface area (Å²) < 4.78 is -0.677. The van der Waals surface area contributed by atoms with Crippen molar-refractivity contribution < 1.29 is 19.5 Å². The zero-order valence-corrected chi connectivity index (χ0v) is 20.6. The number of hydrogen-bond acceptors (Lipinski definition) is 5. The number of hydrogen-bond donors (Lipinski definition) is 3. The zero-order valence-electron chi connectivity index (χ0n) is 18.2. The summed E-state index contributed by atoms with van der Waals surface area (Å²) in [5.74, 6) is -1.60. The van der Waals surface area contributed by atoms with Gasteiger partial charge in [0.2, 0.25) is 17.7 Å². The molecule has 174 valence electrons. The van der Waals surface area contributed by atoms with Gasteiger partial charge in [-0.2, -0.15) is 0 Å². The highest BCUT2D eigenvalue weighted by molar-refractivity contribution is 9.09. The van der Waals surface area contributed by atoms with Crippen LogP contribution in [0.2, 0.25) is 0 Å². The smallest absolute Gasteiger partial charge is 0.248 e. The number of anilines is 1. The molecule has 0 radical (unpaired) electrons. The monoisotopic (exact) mass is 531 g/mol. The number of benzene rings is 2. The van der Waals surface area contributed by atoms with Crippen LogP contribution in [0.4, 0.5) is 5.69 Å². The van der Waals surface area contributed by atoms with Crippen molar-refractivity contribution in [2.75, 3.05) is 25.5 Å². The van der Waals surface area contributed by atoms with Crippen LogP contribution in [-0.2, 0) is 14.4 Å². The summed E-state index contributed by atoms with van der Waals surface area (Å²) in [6.45, 7) is 0.207. The van der Waals surface area contributed by atoms with Gasteiger partial charge in [-0.25, -0.2) is 0 Å². The third-order valence-corrected chi connectivity index (χ3v) is 10.4. The maximum atomic E-state index is 13.8. The van der Waals surface area contributed by atoms with Crippen molar-refractivity contribution >= 4 is 61.9 Å². The second-order valence-electron chi connectivity index (χ2n) is 8.94. The van der Waals surface area contributed by atoms with Gasteiger partial charge in [-0.15, -0.1) is 11.8 Å². The van der Waals surface area contributed by atoms with Crippen molar-refractivity contribution in [1.82, 2.24) is 10.2 Å². The van der Waals surface area contributed by atoms with Gasteiger partial charge in [-0.1, -0.05) is 46.3 Å². The lowest BCUT2D eigenvalue weighted by atomic mass is 9.70. The molecule has 3 amide bonds. The van der Waals surface area contributed by atoms with Gasteiger partial charge in [0.1, 0.15) is 6.04 Å². The summed E-state index contributed by atoms with van der Waals surface area (Å²) in [5, 5.41) is 17.2. The minimum absolute atomic E-state index is 0.0441. The molecule has 3 aliphatic heterocycles. The number of alkyl halides is 1. The van der Waals surface area contributed by atoms with E-state index in [1.807, 2.05) is 42.5 Å². The van der Waals surface area contributed by atoms with Crippen LogP contribution in [0.5, 0.6) is 0 Å². The van der Waals surface area contributed by atoms with Crippen molar-refractivity contribution in [2.45, 2.75) is 33.7 Å². The van der Waals surface area contributed by atoms with Crippen molar-refractivity contribution in [3.63, 3.8) is 0 Å². The maximum Gasteiger partial charge on any atom is 0.248 e. The predicted molar refractivity (Wildman–Crippen MR) is 132 cm³/mol. The fourth-order valence-corrected chi connectivity index (χ4v) is 9.47. The molecule has 2 bridgehead atoms. The highest BCUT2D eigenvalue weighted by Crippen LogP contribution is 2.67. The lowest BCUT2D eigenvalue weighted by Gasteiger charge is -2.35. The molecule has 3 unspecified atom stereocenters. The zero-order chi connectivity index (χ0) is 23.3. The summed E-state index contributed by atoms with van der Waals surface area (Å²) in [6.07, 6.45) is 1.02. The first-order chi connectivity index (χ1) is 15.9. The molecular formula is C24H26BrN3O4S. The summed E-state index contributed by atoms with van der Waals surface area (Å²) >= 11 is 5.33. The Labute approximate surface area is 204 Å². The number of carbonyl (C=O) groups is 3. The number of halogens is 1. The number of carbonyl (C=O) groups excluding carboxylic acids is 3. The first-order valence-electron chi connectivity index (χ1n) is 11.2. The molecule has 6 atom stereocenters. The molecule has 3 N–H and O–H groups in total. The van der Waals surface area contributed by atoms with E-state index in [-0.39, 0.29) is 41.0 Å². The van der Waals surface area contributed by atoms with E-state index in [0.717, 1.165) is 10.8 Å². The second-order valence-corrected chi connectivity index (χ2v) is 11.7. The molecule has 1 spiro atoms. The number of amides is 3. The van der Waals surface area contributed by atoms with Crippen LogP contribution in [-0.4, -0.2) is 68.8 Å². The Morgan fingerprint density at radius 1 is 1.21 bits per heavy atom. The van der Waals surface area contributed by atoms with E-state index in [4.69, 9.17) is 0 Å². The average molecular weight is 532 g/mol. The van der Waals surface area contributed by atoms with Crippen molar-refractivity contribution in [3.8, 4) is 0 Å². The molecule has 7 nitrogen and oxygen atoms in total. The molecule has 5 rings (SSSR count). The topological polar surface area (TPSA) is 98.7 Å². The largest absolute Gasteiger partial charge is 0.396 e. The summed E-state index contributed by atoms with van der Waals surface area (Å²) in [4.78, 5) is 41.8. The van der Waals surface area contributed by atoms with Gasteiger partial charge >= 0.3 is 0 Å². The molecule has 3 saturated heterocycles. The van der Waals surface area contributed by atoms with Crippen molar-refractivity contribution in [1.29, 1.82) is 0 Å². The van der Waals surface area contributed by atoms with E-state index in [0.29, 0.717) is 18.5 Å². The Morgan fingerprint density at radius 3 is 2.70 bits per heavy atom. The Kier molecular flexibility index (Phi) is 5.91. The van der Waals surface area contributed by atoms with E-state index >= 15 is 0 Å². The average Bonchev–Trinajstić information content (AvgIpc) is 3.40. The van der Waals surface area contributed by atoms with Crippen LogP contribution >= 0.6 is 27.7 Å². The Balaban J connectivity index is 1.51. The van der Waals surface area contributed by atoms with Gasteiger partial charge in [0.15, 0.2) is 0 Å². The summed E-state index contributed by atoms with van der Waals surface area (Å²) in [6, 6.07) is 13.0. The van der Waals surface area contributed by atoms with E-state index in [1.165, 1.54) is 0 Å². The van der Waals surface area contributed by atoms with Gasteiger partial charge in [0.05, 0.1) is 16.6 Å². The normalized spacial score (nSPS) is 32.3. The van der Waals surface area contributed by atoms with E-state index in [2.05, 4.69) is 26.6 Å². The lowest BCUT2D eigenvalue weighted by molar-refractivity contribution is -0.139. The molecule has 3 fully saturated rings. The summed E-state index contributed by atoms with van der Waals surface area (Å²) in [7, 11) is 1.59. The predicted octanol–water partition coefficient (Wildman–Crippen LogP) is 2.37. The number of nitrogens with one attached hydrogen (secondary N) is 2. The number of nitrogens with zero attached hydrogens (tertiary/aromatic N) is 1. The number of likely N-dealkylation sites (tertiary alicyclic amines) is 1. The van der Waals surface area contributed by atoms with Gasteiger partial charge in [0, 0.05) is 36.0 Å². The minimum Gasteiger partial charge on any atom is -0.396 e. The highest BCUT2D eigenvalue weighted by Gasteiger charge is 2.75. The van der Waals surface area contributed by atoms with Gasteiger partial charge < -0.3 is 20.6 Å². The molecule has 33 heavy (non-hydrogen) atoms. The van der Waals surface area contributed by atoms with Crippen LogP contribution in [0.3, 0.4) is 0 Å². The van der Waals surface area contributed by atoms with E-state index < -0.39 is 22.6 Å². The molecule has 3 aliphatic rings. The molecule has 0 aromatic heterocycles. The number of aliphatic hydroxyl groups excluding tert-OH is 1. The highest BCUT2D eigenvalue weighted by atomic mass is 79.9. The number of thioether (sulfide) groups is 1. The molecule has 0 aliphatic carbocycles. The molecular weight excluding hydrogens is 506 g/mol. The Morgan fingerprint density at radius 2 is 1.97 bits per heavy atom. The van der Waals surface area contributed by atoms with Gasteiger partial charge in [-0.3, -0.25) is 14.4 Å². The maximum absolute atomic E-state index is 13.8. The molecule has 0 saturated carbocycles. The first kappa shape index (κ1) is 22.7. The molecule has 2 aromatic rings. The van der Waals surface area contributed by atoms with Crippen LogP contribution < -0.4 is 10.6 Å². The molecule has 2 aromatic carbocycles. The van der Waals surface area contributed by atoms with Gasteiger partial charge in [-0.05, 0) is 35.7 Å². The SMILES string of the molecule is CNC(=O)[C@H]1[C@@H]2SC3(CC2Br)C(C(=O)Nc2ccc4ccccc4c2)N(CCCO)C(=O)[C@H]13. The lowest BCUT2D eigenvalue weighted by Crippen LogP contribution is -2.53. The summed E-state index contributed by atoms with van der Waals surface area (Å²) in [5.41, 5.74) is 0.670. The van der Waals surface area contributed by atoms with Gasteiger partial charge in [0.25, 0.3) is 0 Å². The van der Waals surface area contributed by atoms with Crippen molar-refractivity contribution in [2.24, 2.45) is 11.8 Å². The van der Waals surface area contributed by atoms with Crippen LogP contribution in [0.25, 0.3) is 10.8 Å². The third kappa shape index (κ3) is 3.47. The number of rotatable bonds is 6. The Bertz CT molecular complexity index is 1130. The minimum atomic E-state index is -0.710. The van der Waals surface area contributed by atoms with E-state index in [1.54, 1.807) is 23.7 Å². The number of aliphatic hydroxyl groups is 1. The van der Waals surface area contributed by atoms with Crippen LogP contribution in [0, 0.1) is 11.8 Å². The molecule has 3 heterocycles. The number of fused-ring (bicyclic) bond motifs is 2. The van der Waals surface area contributed by atoms with Crippen molar-refractivity contribution in [3.05, 3.63) is 42.5 Å². The fraction of sp³-hybridized carbons (Fsp3) is 0.458. The quantitative estimate of drug-likeness (QED) is 0.497. The third-order valence-electron chi connectivity index (χ3n) is 7.16. The molecule has 9 heteroatoms. The second kappa shape index (κ2) is 8.60. The standard InChI is InChI=1S/C24H26BrN3O4S/c1-26-21(30)17-18-23(32)28(9-4-10-29)20(24(18)12-16(25)19(17)33-24)22(31)27-15-8-7-13-5-2-3-6-14(13)11-15/h2-3,5-8,11,16-20,29H,4,9-10,12H2,1H3,(H,26,30)(H,27,31)/t16?,17-,18+,19-,20?,24?/m1/s1. The Hall–Kier alpha value is -2.10. The van der Waals surface area contributed by atoms with Crippen LogP contribution in [0.15, 0.2) is 42.5 Å². The van der Waals surface area contributed by atoms with Crippen LogP contribution in [0.1, 0.15) is 12.8 Å². The van der Waals surface area contributed by atoms with E-state index in [9.17, 15) is 19.5 Å².